The molecule has 2 rings (SSSR count). The van der Waals surface area contributed by atoms with Crippen LogP contribution in [0.25, 0.3) is 0 Å². The molecule has 0 radical (unpaired) electrons. The van der Waals surface area contributed by atoms with Crippen LogP contribution in [0.4, 0.5) is 0 Å². The molecule has 1 aliphatic heterocycles. The Morgan fingerprint density at radius 1 is 1.53 bits per heavy atom. The Bertz CT molecular complexity index is 489. The van der Waals surface area contributed by atoms with Crippen molar-refractivity contribution in [2.45, 2.75) is 24.9 Å². The fraction of sp³-hybridized carbons (Fsp3) is 0.700. The normalized spacial score (nSPS) is 22.9. The first-order valence-electron chi connectivity index (χ1n) is 5.65. The number of piperazine rings is 1. The quantitative estimate of drug-likeness (QED) is 0.791. The van der Waals surface area contributed by atoms with Crippen molar-refractivity contribution in [2.75, 3.05) is 19.6 Å². The highest BCUT2D eigenvalue weighted by Crippen LogP contribution is 2.16. The maximum atomic E-state index is 12.3. The molecule has 1 aromatic rings. The maximum absolute atomic E-state index is 12.3. The summed E-state index contributed by atoms with van der Waals surface area (Å²) in [7, 11) is -1.64. The van der Waals surface area contributed by atoms with E-state index in [2.05, 4.69) is 10.3 Å². The van der Waals surface area contributed by atoms with Gasteiger partial charge in [-0.05, 0) is 13.8 Å². The summed E-state index contributed by atoms with van der Waals surface area (Å²) in [5.74, 6) is 0.701. The molecule has 1 aliphatic rings. The van der Waals surface area contributed by atoms with E-state index in [0.29, 0.717) is 25.5 Å². The zero-order valence-corrected chi connectivity index (χ0v) is 11.2. The minimum atomic E-state index is -3.44. The highest BCUT2D eigenvalue weighted by Gasteiger charge is 2.30. The van der Waals surface area contributed by atoms with E-state index in [1.807, 2.05) is 6.92 Å². The summed E-state index contributed by atoms with van der Waals surface area (Å²) in [6.45, 7) is 5.46. The lowest BCUT2D eigenvalue weighted by Crippen LogP contribution is -2.51. The van der Waals surface area contributed by atoms with Gasteiger partial charge in [0.1, 0.15) is 5.82 Å². The molecule has 7 heteroatoms. The molecule has 2 heterocycles. The van der Waals surface area contributed by atoms with E-state index < -0.39 is 10.0 Å². The second kappa shape index (κ2) is 4.40. The molecular formula is C10H18N4O2S. The van der Waals surface area contributed by atoms with Crippen LogP contribution in [0, 0.1) is 6.92 Å². The minimum absolute atomic E-state index is 0.145. The SMILES string of the molecule is Cc1nc(S(=O)(=O)N2CCNC(C)C2)cn1C. The molecule has 1 atom stereocenters. The van der Waals surface area contributed by atoms with Gasteiger partial charge in [-0.3, -0.25) is 0 Å². The third kappa shape index (κ3) is 2.36. The highest BCUT2D eigenvalue weighted by atomic mass is 32.2. The summed E-state index contributed by atoms with van der Waals surface area (Å²) in [6.07, 6.45) is 1.57. The zero-order valence-electron chi connectivity index (χ0n) is 10.3. The van der Waals surface area contributed by atoms with E-state index in [4.69, 9.17) is 0 Å². The van der Waals surface area contributed by atoms with Gasteiger partial charge in [-0.15, -0.1) is 0 Å². The molecule has 1 fully saturated rings. The first-order chi connectivity index (χ1) is 7.91. The fourth-order valence-electron chi connectivity index (χ4n) is 1.90. The van der Waals surface area contributed by atoms with Crippen molar-refractivity contribution in [1.82, 2.24) is 19.2 Å². The van der Waals surface area contributed by atoms with Crippen LogP contribution in [0.15, 0.2) is 11.2 Å². The average Bonchev–Trinajstić information content (AvgIpc) is 2.60. The summed E-state index contributed by atoms with van der Waals surface area (Å²) in [5, 5.41) is 3.37. The van der Waals surface area contributed by atoms with Crippen LogP contribution in [0.5, 0.6) is 0 Å². The van der Waals surface area contributed by atoms with Crippen LogP contribution >= 0.6 is 0 Å². The molecule has 0 spiro atoms. The molecule has 1 unspecified atom stereocenters. The molecular weight excluding hydrogens is 240 g/mol. The number of imidazole rings is 1. The Morgan fingerprint density at radius 3 is 2.76 bits per heavy atom. The lowest BCUT2D eigenvalue weighted by Gasteiger charge is -2.30. The lowest BCUT2D eigenvalue weighted by molar-refractivity contribution is 0.309. The van der Waals surface area contributed by atoms with Crippen LogP contribution in [0.2, 0.25) is 0 Å². The second-order valence-corrected chi connectivity index (χ2v) is 6.34. The summed E-state index contributed by atoms with van der Waals surface area (Å²) < 4.78 is 27.9. The van der Waals surface area contributed by atoms with Crippen LogP contribution in [-0.2, 0) is 17.1 Å². The largest absolute Gasteiger partial charge is 0.337 e. The Labute approximate surface area is 102 Å². The second-order valence-electron chi connectivity index (χ2n) is 4.46. The highest BCUT2D eigenvalue weighted by molar-refractivity contribution is 7.89. The molecule has 1 saturated heterocycles. The first-order valence-corrected chi connectivity index (χ1v) is 7.09. The van der Waals surface area contributed by atoms with Gasteiger partial charge in [0.2, 0.25) is 0 Å². The number of hydrogen-bond acceptors (Lipinski definition) is 4. The van der Waals surface area contributed by atoms with Crippen LogP contribution in [-0.4, -0.2) is 48.0 Å². The van der Waals surface area contributed by atoms with Crippen LogP contribution in [0.3, 0.4) is 0 Å². The van der Waals surface area contributed by atoms with Gasteiger partial charge < -0.3 is 9.88 Å². The molecule has 17 heavy (non-hydrogen) atoms. The molecule has 0 aromatic carbocycles. The van der Waals surface area contributed by atoms with Gasteiger partial charge in [0.05, 0.1) is 0 Å². The summed E-state index contributed by atoms with van der Waals surface area (Å²) in [5.41, 5.74) is 0. The predicted octanol–water partition coefficient (Wildman–Crippen LogP) is -0.289. The Hall–Kier alpha value is -0.920. The van der Waals surface area contributed by atoms with E-state index >= 15 is 0 Å². The van der Waals surface area contributed by atoms with E-state index in [0.717, 1.165) is 0 Å². The standard InChI is InChI=1S/C10H18N4O2S/c1-8-6-14(5-4-11-8)17(15,16)10-7-13(3)9(2)12-10/h7-8,11H,4-6H2,1-3H3. The number of nitrogens with one attached hydrogen (secondary N) is 1. The zero-order chi connectivity index (χ0) is 12.6. The number of sulfonamides is 1. The summed E-state index contributed by atoms with van der Waals surface area (Å²) in [6, 6.07) is 0.184. The van der Waals surface area contributed by atoms with Crippen molar-refractivity contribution < 1.29 is 8.42 Å². The van der Waals surface area contributed by atoms with Crippen LogP contribution in [0.1, 0.15) is 12.7 Å². The van der Waals surface area contributed by atoms with Gasteiger partial charge >= 0.3 is 0 Å². The Balaban J connectivity index is 2.29. The molecule has 0 bridgehead atoms. The molecule has 0 amide bonds. The number of aromatic nitrogens is 2. The monoisotopic (exact) mass is 258 g/mol. The number of nitrogens with zero attached hydrogens (tertiary/aromatic N) is 3. The Morgan fingerprint density at radius 2 is 2.24 bits per heavy atom. The first kappa shape index (κ1) is 12.5. The fourth-order valence-corrected chi connectivity index (χ4v) is 3.45. The number of hydrogen-bond donors (Lipinski definition) is 1. The molecule has 1 N–H and O–H groups in total. The minimum Gasteiger partial charge on any atom is -0.337 e. The molecule has 1 aromatic heterocycles. The maximum Gasteiger partial charge on any atom is 0.262 e. The lowest BCUT2D eigenvalue weighted by atomic mass is 10.3. The molecule has 0 saturated carbocycles. The van der Waals surface area contributed by atoms with Crippen molar-refractivity contribution in [3.05, 3.63) is 12.0 Å². The van der Waals surface area contributed by atoms with Gasteiger partial charge in [0, 0.05) is 38.9 Å². The van der Waals surface area contributed by atoms with Crippen molar-refractivity contribution >= 4 is 10.0 Å². The van der Waals surface area contributed by atoms with Crippen molar-refractivity contribution in [3.8, 4) is 0 Å². The topological polar surface area (TPSA) is 67.2 Å². The average molecular weight is 258 g/mol. The van der Waals surface area contributed by atoms with Crippen LogP contribution < -0.4 is 5.32 Å². The van der Waals surface area contributed by atoms with Gasteiger partial charge in [0.25, 0.3) is 10.0 Å². The van der Waals surface area contributed by atoms with Gasteiger partial charge in [-0.2, -0.15) is 4.31 Å². The number of rotatable bonds is 2. The summed E-state index contributed by atoms with van der Waals surface area (Å²) >= 11 is 0. The third-order valence-electron chi connectivity index (χ3n) is 3.02. The smallest absolute Gasteiger partial charge is 0.262 e. The Kier molecular flexibility index (Phi) is 3.24. The van der Waals surface area contributed by atoms with E-state index in [1.165, 1.54) is 4.31 Å². The van der Waals surface area contributed by atoms with Gasteiger partial charge in [-0.1, -0.05) is 0 Å². The number of aryl methyl sites for hydroxylation is 2. The van der Waals surface area contributed by atoms with Gasteiger partial charge in [-0.25, -0.2) is 13.4 Å². The third-order valence-corrected chi connectivity index (χ3v) is 4.76. The predicted molar refractivity (Wildman–Crippen MR) is 64.2 cm³/mol. The molecule has 6 nitrogen and oxygen atoms in total. The van der Waals surface area contributed by atoms with E-state index in [1.54, 1.807) is 24.7 Å². The van der Waals surface area contributed by atoms with E-state index in [9.17, 15) is 8.42 Å². The van der Waals surface area contributed by atoms with Gasteiger partial charge in [0.15, 0.2) is 5.03 Å². The molecule has 96 valence electrons. The van der Waals surface area contributed by atoms with Crippen molar-refractivity contribution in [3.63, 3.8) is 0 Å². The summed E-state index contributed by atoms with van der Waals surface area (Å²) in [4.78, 5) is 4.10. The molecule has 0 aliphatic carbocycles. The van der Waals surface area contributed by atoms with Crippen molar-refractivity contribution in [2.24, 2.45) is 7.05 Å². The van der Waals surface area contributed by atoms with Crippen molar-refractivity contribution in [1.29, 1.82) is 0 Å². The van der Waals surface area contributed by atoms with E-state index in [-0.39, 0.29) is 11.1 Å².